The van der Waals surface area contributed by atoms with E-state index in [4.69, 9.17) is 77.8 Å². The number of carboxylic acid groups (broad SMARTS) is 4. The first-order valence-corrected chi connectivity index (χ1v) is 30.3. The number of carboxylic acids is 4. The van der Waals surface area contributed by atoms with Gasteiger partial charge in [-0.1, -0.05) is 102 Å². The molecule has 0 aromatic rings. The first kappa shape index (κ1) is 91.8. The van der Waals surface area contributed by atoms with E-state index in [-0.39, 0.29) is 61.9 Å². The molecule has 0 saturated heterocycles. The minimum absolute atomic E-state index is 0.0424. The molecule has 34 nitrogen and oxygen atoms in total. The highest BCUT2D eigenvalue weighted by Crippen LogP contribution is 2.19. The Bertz CT molecular complexity index is 2370. The van der Waals surface area contributed by atoms with Crippen molar-refractivity contribution in [2.24, 2.45) is 69.9 Å². The third kappa shape index (κ3) is 38.2. The molecule has 0 spiro atoms. The van der Waals surface area contributed by atoms with Gasteiger partial charge < -0.3 is 102 Å². The molecule has 0 aliphatic rings. The van der Waals surface area contributed by atoms with Crippen LogP contribution in [0.5, 0.6) is 0 Å². The fraction of sp³-hybridized carbons (Fsp3) is 0.763. The van der Waals surface area contributed by atoms with Gasteiger partial charge in [-0.15, -0.1) is 0 Å². The zero-order valence-corrected chi connectivity index (χ0v) is 56.2. The molecular formula is C59H104N6O28. The van der Waals surface area contributed by atoms with Crippen LogP contribution in [0.3, 0.4) is 0 Å². The van der Waals surface area contributed by atoms with Crippen molar-refractivity contribution in [3.05, 3.63) is 0 Å². The fourth-order valence-electron chi connectivity index (χ4n) is 6.44. The van der Waals surface area contributed by atoms with Crippen molar-refractivity contribution >= 4 is 83.6 Å². The maximum Gasteiger partial charge on any atom is 0.349 e. The van der Waals surface area contributed by atoms with Crippen LogP contribution in [0.1, 0.15) is 156 Å². The van der Waals surface area contributed by atoms with E-state index in [1.807, 2.05) is 20.8 Å². The second kappa shape index (κ2) is 49.0. The van der Waals surface area contributed by atoms with Crippen LogP contribution in [0.25, 0.3) is 0 Å². The molecule has 0 aromatic heterocycles. The van der Waals surface area contributed by atoms with Crippen molar-refractivity contribution < 1.29 is 135 Å². The summed E-state index contributed by atoms with van der Waals surface area (Å²) in [5.41, 5.74) is 34.1. The second-order valence-electron chi connectivity index (χ2n) is 21.9. The highest BCUT2D eigenvalue weighted by Gasteiger charge is 2.42. The Labute approximate surface area is 542 Å². The van der Waals surface area contributed by atoms with Gasteiger partial charge in [-0.3, -0.25) is 47.9 Å². The Hall–Kier alpha value is -7.66. The number of nitrogens with two attached hydrogens (primary N) is 6. The van der Waals surface area contributed by atoms with E-state index < -0.39 is 182 Å². The Kier molecular flexibility index (Phi) is 48.3. The van der Waals surface area contributed by atoms with Crippen molar-refractivity contribution in [2.75, 3.05) is 26.4 Å². The van der Waals surface area contributed by atoms with E-state index in [1.165, 1.54) is 0 Å². The molecule has 0 aliphatic heterocycles. The summed E-state index contributed by atoms with van der Waals surface area (Å²) in [7, 11) is 0. The molecule has 0 aromatic carbocycles. The molecule has 0 aliphatic carbocycles. The van der Waals surface area contributed by atoms with Crippen LogP contribution in [0.15, 0.2) is 0 Å². The quantitative estimate of drug-likeness (QED) is 0.0298. The molecule has 0 saturated carbocycles. The van der Waals surface area contributed by atoms with E-state index in [0.717, 1.165) is 0 Å². The summed E-state index contributed by atoms with van der Waals surface area (Å²) in [5.74, 6) is -16.0. The van der Waals surface area contributed by atoms with Gasteiger partial charge >= 0.3 is 83.6 Å². The summed E-state index contributed by atoms with van der Waals surface area (Å²) >= 11 is 0. The summed E-state index contributed by atoms with van der Waals surface area (Å²) in [6.07, 6.45) is -10.7. The summed E-state index contributed by atoms with van der Waals surface area (Å²) in [6, 6.07) is -6.05. The number of hydrogen-bond donors (Lipinski definition) is 10. The standard InChI is InChI=1S/C19H34N2O8.C17H30N2O8.C12H21NO6.C11H19NO6/c1-6-10(4)14(20)18(25)28-12(9-13(22)27-8-3)16(17(23)24)29-19(26)15(21)11(5)7-2;1-6-25-11(20)7-10(26-16(23)12(18)8(2)3)14(15(21)22)27-17(24)13(19)9(4)5;1-4-7(3)10(13)12(17)19-8(11(15)16)6-9(14)18-5-2;1-4-17-8(13)5-7(10(14)15)18-11(16)9(12)6(2)3/h10-12,14-16H,6-9,20-21H2,1-5H3,(H,23,24);8-10,12-14H,6-7,18-19H2,1-5H3,(H,21,22);7-8,10H,4-6,13H2,1-3H3,(H,15,16);6-7,9H,4-5,12H2,1-3H3,(H,14,15)/t10-,11-,12?,14-,15-,16?;10?,12-,13-,14?;7-,8?,10-;7?,9-/m0000/s1. The molecule has 0 fully saturated rings. The number of ether oxygens (including phenoxy) is 10. The number of carbonyl (C=O) groups is 14. The van der Waals surface area contributed by atoms with Crippen LogP contribution in [0.4, 0.5) is 0 Å². The molecule has 34 heteroatoms. The number of rotatable bonds is 39. The van der Waals surface area contributed by atoms with E-state index >= 15 is 0 Å². The summed E-state index contributed by atoms with van der Waals surface area (Å²) in [5, 5.41) is 36.7. The van der Waals surface area contributed by atoms with E-state index in [1.54, 1.807) is 90.0 Å². The average Bonchev–Trinajstić information content (AvgIpc) is 0.951. The van der Waals surface area contributed by atoms with Crippen molar-refractivity contribution in [3.63, 3.8) is 0 Å². The Balaban J connectivity index is -0.000000579. The maximum atomic E-state index is 12.3. The van der Waals surface area contributed by atoms with E-state index in [0.29, 0.717) is 19.3 Å². The summed E-state index contributed by atoms with van der Waals surface area (Å²) in [4.78, 5) is 163. The minimum atomic E-state index is -1.94. The second-order valence-corrected chi connectivity index (χ2v) is 21.9. The highest BCUT2D eigenvalue weighted by atomic mass is 16.6. The molecule has 93 heavy (non-hydrogen) atoms. The van der Waals surface area contributed by atoms with Gasteiger partial charge in [0.2, 0.25) is 24.4 Å². The van der Waals surface area contributed by atoms with Gasteiger partial charge in [-0.25, -0.2) is 19.2 Å². The van der Waals surface area contributed by atoms with Crippen molar-refractivity contribution in [2.45, 2.75) is 229 Å². The van der Waals surface area contributed by atoms with Crippen molar-refractivity contribution in [3.8, 4) is 0 Å². The Morgan fingerprint density at radius 2 is 0.495 bits per heavy atom. The smallest absolute Gasteiger partial charge is 0.349 e. The topological polar surface area (TPSA) is 568 Å². The van der Waals surface area contributed by atoms with Gasteiger partial charge in [0.1, 0.15) is 36.3 Å². The zero-order valence-electron chi connectivity index (χ0n) is 56.2. The van der Waals surface area contributed by atoms with Gasteiger partial charge in [-0.2, -0.15) is 0 Å². The van der Waals surface area contributed by atoms with Crippen LogP contribution in [-0.2, 0) is 114 Å². The number of esters is 10. The molecule has 0 radical (unpaired) electrons. The van der Waals surface area contributed by atoms with Crippen LogP contribution in [-0.4, -0.2) is 203 Å². The molecule has 0 heterocycles. The predicted octanol–water partition coefficient (Wildman–Crippen LogP) is 0.638. The number of carbonyl (C=O) groups excluding carboxylic acids is 10. The number of hydrogen-bond acceptors (Lipinski definition) is 30. The lowest BCUT2D eigenvalue weighted by Crippen LogP contribution is -2.49. The van der Waals surface area contributed by atoms with Gasteiger partial charge in [0.05, 0.1) is 52.1 Å². The minimum Gasteiger partial charge on any atom is -0.478 e. The molecule has 15 atom stereocenters. The fourth-order valence-corrected chi connectivity index (χ4v) is 6.44. The monoisotopic (exact) mass is 1340 g/mol. The molecule has 16 N–H and O–H groups in total. The van der Waals surface area contributed by atoms with E-state index in [9.17, 15) is 77.3 Å². The molecule has 6 unspecified atom stereocenters. The van der Waals surface area contributed by atoms with Gasteiger partial charge in [0.15, 0.2) is 12.2 Å². The van der Waals surface area contributed by atoms with Gasteiger partial charge in [0, 0.05) is 0 Å². The van der Waals surface area contributed by atoms with Crippen LogP contribution in [0.2, 0.25) is 0 Å². The van der Waals surface area contributed by atoms with Gasteiger partial charge in [-0.05, 0) is 63.2 Å². The largest absolute Gasteiger partial charge is 0.478 e. The van der Waals surface area contributed by atoms with Crippen LogP contribution in [0, 0.1) is 35.5 Å². The third-order valence-electron chi connectivity index (χ3n) is 13.5. The Morgan fingerprint density at radius 1 is 0.290 bits per heavy atom. The first-order valence-electron chi connectivity index (χ1n) is 30.3. The molecular weight excluding hydrogens is 1240 g/mol. The Morgan fingerprint density at radius 3 is 0.710 bits per heavy atom. The summed E-state index contributed by atoms with van der Waals surface area (Å²) < 4.78 is 48.4. The first-order chi connectivity index (χ1) is 43.0. The number of aliphatic carboxylic acids is 4. The predicted molar refractivity (Wildman–Crippen MR) is 326 cm³/mol. The lowest BCUT2D eigenvalue weighted by molar-refractivity contribution is -0.184. The average molecular weight is 1350 g/mol. The van der Waals surface area contributed by atoms with Crippen molar-refractivity contribution in [1.29, 1.82) is 0 Å². The molecule has 538 valence electrons. The molecule has 0 amide bonds. The highest BCUT2D eigenvalue weighted by molar-refractivity contribution is 5.87. The summed E-state index contributed by atoms with van der Waals surface area (Å²) in [6.45, 7) is 27.4. The van der Waals surface area contributed by atoms with E-state index in [2.05, 4.69) is 14.2 Å². The maximum absolute atomic E-state index is 12.3. The van der Waals surface area contributed by atoms with Gasteiger partial charge in [0.25, 0.3) is 0 Å². The van der Waals surface area contributed by atoms with Crippen molar-refractivity contribution in [1.82, 2.24) is 0 Å². The zero-order chi connectivity index (χ0) is 73.3. The lowest BCUT2D eigenvalue weighted by atomic mass is 10.00. The molecule has 0 bridgehead atoms. The SMILES string of the molecule is CCOC(=O)CC(OC(=O)[C@@H](N)C(C)C)C(=O)O.CCOC(=O)CC(OC(=O)[C@@H](N)C(C)C)C(OC(=O)[C@@H](N)C(C)C)C(=O)O.CCOC(=O)CC(OC(=O)[C@@H](N)[C@@H](C)CC)C(=O)O.CCOC(=O)CC(OC(=O)[C@@H](N)[C@@H](C)CC)C(OC(=O)[C@@H](N)[C@@H](C)CC)C(=O)O. The van der Waals surface area contributed by atoms with Crippen LogP contribution >= 0.6 is 0 Å². The lowest BCUT2D eigenvalue weighted by Gasteiger charge is -2.27. The normalized spacial score (nSPS) is 15.7. The third-order valence-corrected chi connectivity index (χ3v) is 13.5. The molecule has 0 rings (SSSR count). The van der Waals surface area contributed by atoms with Crippen LogP contribution < -0.4 is 34.4 Å².